The Kier molecular flexibility index (Phi) is 13.5. The zero-order chi connectivity index (χ0) is 50.8. The Balaban J connectivity index is 1.18. The topological polar surface area (TPSA) is 158 Å². The van der Waals surface area contributed by atoms with Crippen LogP contribution in [0.2, 0.25) is 0 Å². The maximum Gasteiger partial charge on any atom is 0.329 e. The molecule has 1 spiro atoms. The lowest BCUT2D eigenvalue weighted by Crippen LogP contribution is -2.59. The van der Waals surface area contributed by atoms with Gasteiger partial charge in [-0.05, 0) is 90.8 Å². The van der Waals surface area contributed by atoms with Crippen molar-refractivity contribution < 1.29 is 33.8 Å². The van der Waals surface area contributed by atoms with Gasteiger partial charge in [-0.2, -0.15) is 0 Å². The van der Waals surface area contributed by atoms with E-state index in [1.807, 2.05) is 138 Å². The van der Waals surface area contributed by atoms with Crippen LogP contribution < -0.4 is 19.9 Å². The molecule has 14 nitrogen and oxygen atoms in total. The first-order valence-corrected chi connectivity index (χ1v) is 25.5. The number of aliphatic hydroxyl groups is 1. The number of aromatic nitrogens is 2. The molecule has 11 rings (SSSR count). The average molecular weight is 988 g/mol. The van der Waals surface area contributed by atoms with E-state index in [0.29, 0.717) is 47.0 Å². The smallest absolute Gasteiger partial charge is 0.329 e. The van der Waals surface area contributed by atoms with Gasteiger partial charge in [-0.3, -0.25) is 19.3 Å². The van der Waals surface area contributed by atoms with Crippen LogP contribution in [0.4, 0.5) is 16.4 Å². The number of carbonyl (C=O) groups is 4. The minimum atomic E-state index is -2.03. The molecule has 4 aliphatic heterocycles. The second-order valence-electron chi connectivity index (χ2n) is 19.4. The van der Waals surface area contributed by atoms with Gasteiger partial charge in [0.05, 0.1) is 36.3 Å². The fourth-order valence-electron chi connectivity index (χ4n) is 11.9. The second kappa shape index (κ2) is 20.8. The van der Waals surface area contributed by atoms with Crippen molar-refractivity contribution in [3.05, 3.63) is 197 Å². The maximum atomic E-state index is 17.0. The van der Waals surface area contributed by atoms with E-state index in [2.05, 4.69) is 33.2 Å². The predicted molar refractivity (Wildman–Crippen MR) is 279 cm³/mol. The van der Waals surface area contributed by atoms with E-state index in [4.69, 9.17) is 9.47 Å². The number of esters is 1. The van der Waals surface area contributed by atoms with Crippen molar-refractivity contribution in [2.45, 2.75) is 68.3 Å². The molecular formula is C60H57N7O7. The predicted octanol–water partition coefficient (Wildman–Crippen LogP) is 8.18. The van der Waals surface area contributed by atoms with Gasteiger partial charge in [-0.1, -0.05) is 127 Å². The molecule has 0 radical (unpaired) electrons. The Hall–Kier alpha value is -8.12. The molecule has 1 aliphatic carbocycles. The number of morpholine rings is 1. The summed E-state index contributed by atoms with van der Waals surface area (Å²) in [6.07, 6.45) is 8.52. The number of hydrogen-bond acceptors (Lipinski definition) is 11. The highest BCUT2D eigenvalue weighted by Crippen LogP contribution is 2.67. The molecule has 2 N–H and O–H groups in total. The third kappa shape index (κ3) is 8.65. The summed E-state index contributed by atoms with van der Waals surface area (Å²) in [6, 6.07) is 38.5. The normalized spacial score (nSPS) is 23.7. The minimum absolute atomic E-state index is 0.0826. The number of aliphatic hydroxyl groups excluding tert-OH is 1. The summed E-state index contributed by atoms with van der Waals surface area (Å²) in [5, 5.41) is 13.3. The number of hydrogen-bond donors (Lipinski definition) is 2. The zero-order valence-electron chi connectivity index (χ0n) is 41.1. The number of anilines is 2. The number of carbonyl (C=O) groups excluding carboxylic acids is 4. The highest BCUT2D eigenvalue weighted by molar-refractivity contribution is 6.24. The number of imide groups is 1. The highest BCUT2D eigenvalue weighted by Gasteiger charge is 2.76. The fourth-order valence-corrected chi connectivity index (χ4v) is 11.9. The molecule has 4 amide bonds. The third-order valence-corrected chi connectivity index (χ3v) is 15.2. The van der Waals surface area contributed by atoms with Crippen molar-refractivity contribution in [1.82, 2.24) is 25.1 Å². The zero-order valence-corrected chi connectivity index (χ0v) is 41.1. The van der Waals surface area contributed by atoms with Crippen molar-refractivity contribution in [2.75, 3.05) is 49.2 Å². The molecule has 3 saturated heterocycles. The number of ether oxygens (including phenoxy) is 2. The lowest BCUT2D eigenvalue weighted by molar-refractivity contribution is -0.179. The number of allylic oxidation sites excluding steroid dienone is 2. The van der Waals surface area contributed by atoms with E-state index in [-0.39, 0.29) is 32.0 Å². The Bertz CT molecular complexity index is 3140. The molecule has 0 unspecified atom stereocenters. The van der Waals surface area contributed by atoms with Crippen molar-refractivity contribution in [3.8, 4) is 17.6 Å². The molecule has 7 atom stereocenters. The summed E-state index contributed by atoms with van der Waals surface area (Å²) in [5.74, 6) is 4.36. The maximum absolute atomic E-state index is 17.0. The number of rotatable bonds is 10. The van der Waals surface area contributed by atoms with Gasteiger partial charge in [0.2, 0.25) is 17.8 Å². The van der Waals surface area contributed by atoms with Crippen LogP contribution in [0.3, 0.4) is 0 Å². The van der Waals surface area contributed by atoms with Gasteiger partial charge in [0.15, 0.2) is 0 Å². The Morgan fingerprint density at radius 2 is 1.50 bits per heavy atom. The van der Waals surface area contributed by atoms with E-state index in [0.717, 1.165) is 42.4 Å². The van der Waals surface area contributed by atoms with Gasteiger partial charge in [-0.25, -0.2) is 19.7 Å². The number of piperazine rings is 1. The molecule has 5 aromatic carbocycles. The number of urea groups is 1. The van der Waals surface area contributed by atoms with Crippen LogP contribution in [-0.2, 0) is 24.5 Å². The molecule has 0 bridgehead atoms. The quantitative estimate of drug-likeness (QED) is 0.101. The fraction of sp³-hybridized carbons (Fsp3) is 0.300. The largest absolute Gasteiger partial charge is 0.491 e. The van der Waals surface area contributed by atoms with Gasteiger partial charge in [0, 0.05) is 49.7 Å². The summed E-state index contributed by atoms with van der Waals surface area (Å²) in [4.78, 5) is 80.5. The number of para-hydroxylation sites is 1. The lowest BCUT2D eigenvalue weighted by atomic mass is 9.64. The van der Waals surface area contributed by atoms with Crippen molar-refractivity contribution in [1.29, 1.82) is 0 Å². The molecule has 1 aromatic heterocycles. The first-order valence-electron chi connectivity index (χ1n) is 25.5. The van der Waals surface area contributed by atoms with Gasteiger partial charge < -0.3 is 29.7 Å². The average Bonchev–Trinajstić information content (AvgIpc) is 3.98. The van der Waals surface area contributed by atoms with Crippen LogP contribution >= 0.6 is 0 Å². The number of benzene rings is 5. The molecule has 74 heavy (non-hydrogen) atoms. The van der Waals surface area contributed by atoms with Crippen LogP contribution in [0, 0.1) is 17.8 Å². The summed E-state index contributed by atoms with van der Waals surface area (Å²) < 4.78 is 13.2. The summed E-state index contributed by atoms with van der Waals surface area (Å²) >= 11 is 0. The first kappa shape index (κ1) is 48.2. The number of nitrogens with zero attached hydrogens (tertiary/aromatic N) is 6. The SMILES string of the molecule is C[C@@H](NC(=O)N1C(=O)[C@@]2(c3cc(C#CC4=CCCCC4)ccc31)[C@H](C(=O)N1CCN(c3ncccn3)CC1)[C@H]1C(=O)O[C@H](c3ccccc3)[C@H](c3ccccc3)N1[C@@H]2c1ccccc1OCCO)c1ccccc1. The Morgan fingerprint density at radius 1 is 0.811 bits per heavy atom. The molecule has 3 fully saturated rings. The number of fused-ring (bicyclic) bond motifs is 3. The van der Waals surface area contributed by atoms with Gasteiger partial charge in [0.1, 0.15) is 29.9 Å². The molecule has 6 aromatic rings. The van der Waals surface area contributed by atoms with Gasteiger partial charge in [0.25, 0.3) is 0 Å². The number of nitrogens with one attached hydrogen (secondary N) is 1. The second-order valence-corrected chi connectivity index (χ2v) is 19.4. The molecule has 5 aliphatic rings. The highest BCUT2D eigenvalue weighted by atomic mass is 16.6. The number of cyclic esters (lactones) is 1. The van der Waals surface area contributed by atoms with Crippen LogP contribution in [0.5, 0.6) is 5.75 Å². The molecule has 5 heterocycles. The standard InChI is InChI=1S/C60H57N7O7/c1-40(43-19-8-3-9-20-43)63-59(72)66-48-30-29-42(28-27-41-17-6-2-7-18-41)39-47(48)60(57(66)71)50(55(69)64-33-35-65(36-34-64)58-61-31-16-32-62-58)52-56(70)74-53(45-23-12-5-13-24-45)51(44-21-10-4-11-22-44)67(52)54(60)46-25-14-15-26-49(46)73-38-37-68/h3-5,8-17,19-26,29-32,39-40,50-54,68H,2,6-7,18,33-38H2,1H3,(H,63,72)/t40-,50+,51+,52+,53-,54-,60+/m1/s1. The van der Waals surface area contributed by atoms with E-state index in [1.54, 1.807) is 35.5 Å². The molecule has 0 saturated carbocycles. The monoisotopic (exact) mass is 987 g/mol. The van der Waals surface area contributed by atoms with Crippen LogP contribution in [0.25, 0.3) is 0 Å². The Morgan fingerprint density at radius 3 is 2.20 bits per heavy atom. The molecule has 374 valence electrons. The first-order chi connectivity index (χ1) is 36.3. The van der Waals surface area contributed by atoms with E-state index in [9.17, 15) is 5.11 Å². The van der Waals surface area contributed by atoms with Crippen molar-refractivity contribution >= 4 is 35.5 Å². The molecule has 14 heteroatoms. The summed E-state index contributed by atoms with van der Waals surface area (Å²) in [5.41, 5.74) is 3.00. The third-order valence-electron chi connectivity index (χ3n) is 15.2. The molecular weight excluding hydrogens is 931 g/mol. The van der Waals surface area contributed by atoms with Crippen LogP contribution in [-0.4, -0.2) is 94.1 Å². The van der Waals surface area contributed by atoms with Crippen molar-refractivity contribution in [3.63, 3.8) is 0 Å². The van der Waals surface area contributed by atoms with E-state index in [1.165, 1.54) is 4.90 Å². The minimum Gasteiger partial charge on any atom is -0.491 e. The summed E-state index contributed by atoms with van der Waals surface area (Å²) in [7, 11) is 0. The van der Waals surface area contributed by atoms with E-state index < -0.39 is 65.4 Å². The lowest BCUT2D eigenvalue weighted by Gasteiger charge is -2.46. The van der Waals surface area contributed by atoms with Crippen LogP contribution in [0.1, 0.15) is 90.2 Å². The van der Waals surface area contributed by atoms with Gasteiger partial charge >= 0.3 is 12.0 Å². The van der Waals surface area contributed by atoms with E-state index >= 15 is 19.2 Å². The van der Waals surface area contributed by atoms with Gasteiger partial charge in [-0.15, -0.1) is 0 Å². The van der Waals surface area contributed by atoms with Crippen molar-refractivity contribution in [2.24, 2.45) is 5.92 Å². The van der Waals surface area contributed by atoms with Crippen LogP contribution in [0.15, 0.2) is 164 Å². The summed E-state index contributed by atoms with van der Waals surface area (Å²) in [6.45, 7) is 2.67. The Labute approximate surface area is 430 Å². The number of amides is 4.